The third-order valence-electron chi connectivity index (χ3n) is 2.35. The van der Waals surface area contributed by atoms with Gasteiger partial charge in [-0.05, 0) is 12.1 Å². The molecule has 0 spiro atoms. The molecule has 0 fully saturated rings. The smallest absolute Gasteiger partial charge is 0.292 e. The summed E-state index contributed by atoms with van der Waals surface area (Å²) in [5.41, 5.74) is 0.0668. The average Bonchev–Trinajstić information content (AvgIpc) is 2.61. The van der Waals surface area contributed by atoms with E-state index in [4.69, 9.17) is 11.6 Å². The standard InChI is InChI=1S/C11H10ClN3O2/c1-14-7-13-15(11(14)17)6-10(16)8-4-2-3-5-9(8)12/h2-5,7H,6H2,1H3. The topological polar surface area (TPSA) is 56.9 Å². The summed E-state index contributed by atoms with van der Waals surface area (Å²) in [5.74, 6) is -0.239. The van der Waals surface area contributed by atoms with Crippen molar-refractivity contribution < 1.29 is 4.79 Å². The van der Waals surface area contributed by atoms with E-state index in [1.807, 2.05) is 0 Å². The predicted molar refractivity (Wildman–Crippen MR) is 63.3 cm³/mol. The fourth-order valence-corrected chi connectivity index (χ4v) is 1.68. The molecule has 0 atom stereocenters. The number of carbonyl (C=O) groups excluding carboxylic acids is 1. The lowest BCUT2D eigenvalue weighted by molar-refractivity contribution is 0.0966. The van der Waals surface area contributed by atoms with Crippen molar-refractivity contribution in [1.82, 2.24) is 14.3 Å². The van der Waals surface area contributed by atoms with Crippen molar-refractivity contribution in [2.75, 3.05) is 0 Å². The highest BCUT2D eigenvalue weighted by atomic mass is 35.5. The Balaban J connectivity index is 2.27. The number of aryl methyl sites for hydroxylation is 1. The van der Waals surface area contributed by atoms with Crippen LogP contribution in [0.15, 0.2) is 35.4 Å². The Bertz CT molecular complexity index is 615. The minimum atomic E-state index is -0.328. The molecule has 0 unspecified atom stereocenters. The van der Waals surface area contributed by atoms with Crippen LogP contribution >= 0.6 is 11.6 Å². The lowest BCUT2D eigenvalue weighted by Crippen LogP contribution is -2.26. The maximum atomic E-state index is 11.9. The summed E-state index contributed by atoms with van der Waals surface area (Å²) in [4.78, 5) is 23.4. The molecular weight excluding hydrogens is 242 g/mol. The Kier molecular flexibility index (Phi) is 3.10. The van der Waals surface area contributed by atoms with E-state index in [0.29, 0.717) is 10.6 Å². The van der Waals surface area contributed by atoms with Crippen LogP contribution in [0.3, 0.4) is 0 Å². The second-order valence-electron chi connectivity index (χ2n) is 3.59. The summed E-state index contributed by atoms with van der Waals surface area (Å²) >= 11 is 5.90. The summed E-state index contributed by atoms with van der Waals surface area (Å²) in [6, 6.07) is 6.72. The van der Waals surface area contributed by atoms with E-state index < -0.39 is 0 Å². The Morgan fingerprint density at radius 2 is 2.12 bits per heavy atom. The lowest BCUT2D eigenvalue weighted by atomic mass is 10.1. The largest absolute Gasteiger partial charge is 0.345 e. The fourth-order valence-electron chi connectivity index (χ4n) is 1.44. The van der Waals surface area contributed by atoms with Crippen molar-refractivity contribution in [2.45, 2.75) is 6.54 Å². The molecule has 0 radical (unpaired) electrons. The number of benzene rings is 1. The van der Waals surface area contributed by atoms with E-state index in [-0.39, 0.29) is 18.0 Å². The molecule has 17 heavy (non-hydrogen) atoms. The third-order valence-corrected chi connectivity index (χ3v) is 2.68. The molecular formula is C11H10ClN3O2. The molecule has 0 aliphatic carbocycles. The van der Waals surface area contributed by atoms with Crippen LogP contribution < -0.4 is 5.69 Å². The average molecular weight is 252 g/mol. The van der Waals surface area contributed by atoms with Crippen LogP contribution in [0.5, 0.6) is 0 Å². The van der Waals surface area contributed by atoms with E-state index >= 15 is 0 Å². The Labute approximate surface area is 102 Å². The molecule has 0 saturated heterocycles. The number of rotatable bonds is 3. The van der Waals surface area contributed by atoms with Crippen LogP contribution in [-0.4, -0.2) is 20.1 Å². The van der Waals surface area contributed by atoms with Crippen molar-refractivity contribution in [1.29, 1.82) is 0 Å². The number of ketones is 1. The van der Waals surface area contributed by atoms with Gasteiger partial charge in [-0.3, -0.25) is 9.36 Å². The first-order valence-electron chi connectivity index (χ1n) is 4.96. The first-order valence-corrected chi connectivity index (χ1v) is 5.33. The minimum absolute atomic E-state index is 0.108. The minimum Gasteiger partial charge on any atom is -0.292 e. The fraction of sp³-hybridized carbons (Fsp3) is 0.182. The zero-order chi connectivity index (χ0) is 12.4. The number of carbonyl (C=O) groups is 1. The summed E-state index contributed by atoms with van der Waals surface area (Å²) in [5, 5.41) is 4.19. The van der Waals surface area contributed by atoms with Gasteiger partial charge in [-0.2, -0.15) is 5.10 Å². The zero-order valence-corrected chi connectivity index (χ0v) is 9.89. The summed E-state index contributed by atoms with van der Waals surface area (Å²) in [7, 11) is 1.58. The van der Waals surface area contributed by atoms with Gasteiger partial charge < -0.3 is 0 Å². The Morgan fingerprint density at radius 1 is 1.41 bits per heavy atom. The van der Waals surface area contributed by atoms with Gasteiger partial charge in [0, 0.05) is 12.6 Å². The molecule has 0 amide bonds. The van der Waals surface area contributed by atoms with Gasteiger partial charge >= 0.3 is 5.69 Å². The van der Waals surface area contributed by atoms with Gasteiger partial charge in [-0.1, -0.05) is 23.7 Å². The van der Waals surface area contributed by atoms with Gasteiger partial charge in [0.05, 0.1) is 5.02 Å². The quantitative estimate of drug-likeness (QED) is 0.768. The molecule has 5 nitrogen and oxygen atoms in total. The molecule has 2 rings (SSSR count). The second-order valence-corrected chi connectivity index (χ2v) is 3.99. The van der Waals surface area contributed by atoms with Crippen molar-refractivity contribution >= 4 is 17.4 Å². The van der Waals surface area contributed by atoms with Crippen molar-refractivity contribution in [2.24, 2.45) is 7.05 Å². The molecule has 0 N–H and O–H groups in total. The molecule has 6 heteroatoms. The number of halogens is 1. The summed E-state index contributed by atoms with van der Waals surface area (Å²) in [6.07, 6.45) is 1.36. The van der Waals surface area contributed by atoms with Gasteiger partial charge in [-0.15, -0.1) is 0 Å². The van der Waals surface area contributed by atoms with Crippen LogP contribution in [-0.2, 0) is 13.6 Å². The predicted octanol–water partition coefficient (Wildman–Crippen LogP) is 1.12. The molecule has 0 saturated carbocycles. The van der Waals surface area contributed by atoms with Crippen LogP contribution in [0, 0.1) is 0 Å². The molecule has 0 aliphatic rings. The van der Waals surface area contributed by atoms with Crippen molar-refractivity contribution in [3.8, 4) is 0 Å². The third kappa shape index (κ3) is 2.29. The van der Waals surface area contributed by atoms with Crippen molar-refractivity contribution in [3.05, 3.63) is 51.7 Å². The highest BCUT2D eigenvalue weighted by molar-refractivity contribution is 6.33. The van der Waals surface area contributed by atoms with E-state index in [9.17, 15) is 9.59 Å². The molecule has 1 aromatic heterocycles. The zero-order valence-electron chi connectivity index (χ0n) is 9.13. The lowest BCUT2D eigenvalue weighted by Gasteiger charge is -2.02. The molecule has 1 heterocycles. The molecule has 0 bridgehead atoms. The van der Waals surface area contributed by atoms with E-state index in [1.165, 1.54) is 10.9 Å². The van der Waals surface area contributed by atoms with E-state index in [2.05, 4.69) is 5.10 Å². The summed E-state index contributed by atoms with van der Waals surface area (Å²) in [6.45, 7) is -0.108. The molecule has 1 aromatic carbocycles. The van der Waals surface area contributed by atoms with Crippen LogP contribution in [0.2, 0.25) is 5.02 Å². The second kappa shape index (κ2) is 4.55. The highest BCUT2D eigenvalue weighted by Crippen LogP contribution is 2.15. The van der Waals surface area contributed by atoms with Crippen LogP contribution in [0.1, 0.15) is 10.4 Å². The van der Waals surface area contributed by atoms with Gasteiger partial charge in [0.25, 0.3) is 0 Å². The highest BCUT2D eigenvalue weighted by Gasteiger charge is 2.12. The number of Topliss-reactive ketones (excluding diaryl/α,β-unsaturated/α-hetero) is 1. The Morgan fingerprint density at radius 3 is 2.71 bits per heavy atom. The molecule has 0 aliphatic heterocycles. The van der Waals surface area contributed by atoms with Crippen LogP contribution in [0.4, 0.5) is 0 Å². The number of nitrogens with zero attached hydrogens (tertiary/aromatic N) is 3. The maximum Gasteiger partial charge on any atom is 0.345 e. The molecule has 2 aromatic rings. The normalized spacial score (nSPS) is 10.5. The van der Waals surface area contributed by atoms with Gasteiger partial charge in [0.2, 0.25) is 0 Å². The van der Waals surface area contributed by atoms with Gasteiger partial charge in [0.15, 0.2) is 5.78 Å². The molecule has 88 valence electrons. The summed E-state index contributed by atoms with van der Waals surface area (Å²) < 4.78 is 2.41. The Hall–Kier alpha value is -1.88. The van der Waals surface area contributed by atoms with Crippen LogP contribution in [0.25, 0.3) is 0 Å². The van der Waals surface area contributed by atoms with Gasteiger partial charge in [-0.25, -0.2) is 9.48 Å². The number of aromatic nitrogens is 3. The number of hydrogen-bond donors (Lipinski definition) is 0. The monoisotopic (exact) mass is 251 g/mol. The SMILES string of the molecule is Cn1cnn(CC(=O)c2ccccc2Cl)c1=O. The number of hydrogen-bond acceptors (Lipinski definition) is 3. The van der Waals surface area contributed by atoms with E-state index in [1.54, 1.807) is 31.3 Å². The van der Waals surface area contributed by atoms with E-state index in [0.717, 1.165) is 4.68 Å². The first-order chi connectivity index (χ1) is 8.09. The first kappa shape index (κ1) is 11.6. The van der Waals surface area contributed by atoms with Crippen molar-refractivity contribution in [3.63, 3.8) is 0 Å². The maximum absolute atomic E-state index is 11.9. The van der Waals surface area contributed by atoms with Gasteiger partial charge in [0.1, 0.15) is 12.9 Å².